The third-order valence-electron chi connectivity index (χ3n) is 8.94. The van der Waals surface area contributed by atoms with Crippen LogP contribution in [0.4, 0.5) is 23.0 Å². The Morgan fingerprint density at radius 2 is 1.59 bits per heavy atom. The first-order valence-electron chi connectivity index (χ1n) is 16.0. The number of piperazine rings is 2. The summed E-state index contributed by atoms with van der Waals surface area (Å²) >= 11 is 0. The summed E-state index contributed by atoms with van der Waals surface area (Å²) in [4.78, 5) is 30.4. The molecule has 0 radical (unpaired) electrons. The number of carbonyl (C=O) groups is 1. The number of hydrogen-bond acceptors (Lipinski definition) is 8. The predicted octanol–water partition coefficient (Wildman–Crippen LogP) is 4.95. The Morgan fingerprint density at radius 1 is 0.909 bits per heavy atom. The van der Waals surface area contributed by atoms with E-state index in [1.807, 2.05) is 24.4 Å². The smallest absolute Gasteiger partial charge is 0.272 e. The van der Waals surface area contributed by atoms with Gasteiger partial charge in [0.1, 0.15) is 11.3 Å². The van der Waals surface area contributed by atoms with E-state index in [1.54, 1.807) is 0 Å². The normalized spacial score (nSPS) is 16.5. The number of nitrogens with one attached hydrogen (secondary N) is 3. The fraction of sp³-hybridized carbons (Fsp3) is 0.441. The van der Waals surface area contributed by atoms with Crippen LogP contribution in [0.15, 0.2) is 60.8 Å². The van der Waals surface area contributed by atoms with E-state index in [0.717, 1.165) is 94.2 Å². The largest absolute Gasteiger partial charge is 0.369 e. The molecule has 0 atom stereocenters. The van der Waals surface area contributed by atoms with Crippen LogP contribution in [0, 0.1) is 0 Å². The highest BCUT2D eigenvalue weighted by Crippen LogP contribution is 2.29. The first kappa shape index (κ1) is 30.1. The van der Waals surface area contributed by atoms with Gasteiger partial charge in [0.05, 0.1) is 0 Å². The Balaban J connectivity index is 1.18. The molecule has 4 heterocycles. The quantitative estimate of drug-likeness (QED) is 0.237. The highest BCUT2D eigenvalue weighted by molar-refractivity contribution is 6.06. The Kier molecular flexibility index (Phi) is 9.40. The zero-order valence-electron chi connectivity index (χ0n) is 26.2. The van der Waals surface area contributed by atoms with Crippen molar-refractivity contribution in [3.8, 4) is 0 Å². The van der Waals surface area contributed by atoms with E-state index in [-0.39, 0.29) is 11.9 Å². The second-order valence-corrected chi connectivity index (χ2v) is 12.0. The third-order valence-corrected chi connectivity index (χ3v) is 8.94. The minimum atomic E-state index is -0.139. The molecule has 2 aromatic heterocycles. The van der Waals surface area contributed by atoms with E-state index in [1.165, 1.54) is 11.3 Å². The number of nitrogens with zero attached hydrogens (tertiary/aromatic N) is 6. The minimum absolute atomic E-state index is 0.139. The molecule has 44 heavy (non-hydrogen) atoms. The number of likely N-dealkylation sites (N-methyl/N-ethyl adjacent to an activating group) is 1. The third kappa shape index (κ3) is 6.88. The summed E-state index contributed by atoms with van der Waals surface area (Å²) in [6.07, 6.45) is 3.59. The molecule has 2 aliphatic heterocycles. The van der Waals surface area contributed by atoms with Crippen LogP contribution in [0.5, 0.6) is 0 Å². The summed E-state index contributed by atoms with van der Waals surface area (Å²) in [6, 6.07) is 18.7. The number of benzene rings is 2. The molecule has 2 fully saturated rings. The lowest BCUT2D eigenvalue weighted by Crippen LogP contribution is -2.43. The number of hydrogen-bond donors (Lipinski definition) is 3. The van der Waals surface area contributed by atoms with Gasteiger partial charge in [0, 0.05) is 93.6 Å². The number of carbonyl (C=O) groups excluding carboxylic acids is 1. The fourth-order valence-corrected chi connectivity index (χ4v) is 6.23. The molecule has 0 spiro atoms. The van der Waals surface area contributed by atoms with Crippen molar-refractivity contribution in [2.75, 3.05) is 74.9 Å². The summed E-state index contributed by atoms with van der Waals surface area (Å²) < 4.78 is 2.09. The van der Waals surface area contributed by atoms with Crippen molar-refractivity contribution in [3.63, 3.8) is 0 Å². The molecule has 4 aromatic rings. The van der Waals surface area contributed by atoms with Crippen LogP contribution < -0.4 is 20.9 Å². The van der Waals surface area contributed by atoms with Gasteiger partial charge in [-0.15, -0.1) is 0 Å². The van der Waals surface area contributed by atoms with E-state index in [4.69, 9.17) is 4.98 Å². The van der Waals surface area contributed by atoms with Gasteiger partial charge in [-0.25, -0.2) is 4.98 Å². The highest BCUT2D eigenvalue weighted by atomic mass is 16.2. The Bertz CT molecular complexity index is 1530. The molecule has 10 nitrogen and oxygen atoms in total. The number of rotatable bonds is 10. The molecule has 2 saturated heterocycles. The maximum absolute atomic E-state index is 13.7. The zero-order chi connectivity index (χ0) is 30.5. The predicted molar refractivity (Wildman–Crippen MR) is 179 cm³/mol. The highest BCUT2D eigenvalue weighted by Gasteiger charge is 2.22. The van der Waals surface area contributed by atoms with Crippen molar-refractivity contribution < 1.29 is 4.79 Å². The lowest BCUT2D eigenvalue weighted by atomic mass is 10.1. The molecule has 3 N–H and O–H groups in total. The molecule has 10 heteroatoms. The number of fused-ring (bicyclic) bond motifs is 1. The van der Waals surface area contributed by atoms with Gasteiger partial charge in [-0.3, -0.25) is 9.69 Å². The van der Waals surface area contributed by atoms with Gasteiger partial charge in [0.15, 0.2) is 0 Å². The van der Waals surface area contributed by atoms with Crippen molar-refractivity contribution >= 4 is 40.0 Å². The van der Waals surface area contributed by atoms with E-state index in [9.17, 15) is 4.79 Å². The summed E-state index contributed by atoms with van der Waals surface area (Å²) in [6.45, 7) is 13.6. The van der Waals surface area contributed by atoms with Crippen LogP contribution >= 0.6 is 0 Å². The van der Waals surface area contributed by atoms with Gasteiger partial charge < -0.3 is 30.3 Å². The molecule has 0 unspecified atom stereocenters. The molecule has 2 aliphatic rings. The van der Waals surface area contributed by atoms with Gasteiger partial charge in [-0.1, -0.05) is 26.0 Å². The Labute approximate surface area is 260 Å². The standard InChI is InChI=1S/C34H45N9O/c1-4-29(5-2)43-31(33(44)37-27-8-6-25(7-9-27)24-41-20-18-40(3)19-21-41)22-26-23-36-34(39-32(26)43)38-28-10-12-30(13-11-28)42-16-14-35-15-17-42/h6-13,22-23,29,35H,4-5,14-21,24H2,1-3H3,(H,37,44)(H,36,38,39). The molecule has 0 bridgehead atoms. The van der Waals surface area contributed by atoms with Crippen molar-refractivity contribution in [1.29, 1.82) is 0 Å². The van der Waals surface area contributed by atoms with Gasteiger partial charge >= 0.3 is 0 Å². The van der Waals surface area contributed by atoms with Gasteiger partial charge in [-0.05, 0) is 67.9 Å². The van der Waals surface area contributed by atoms with Crippen LogP contribution in [-0.4, -0.2) is 89.6 Å². The summed E-state index contributed by atoms with van der Waals surface area (Å²) in [5, 5.41) is 10.8. The Morgan fingerprint density at radius 3 is 2.27 bits per heavy atom. The first-order valence-corrected chi connectivity index (χ1v) is 16.0. The van der Waals surface area contributed by atoms with Crippen molar-refractivity contribution in [2.45, 2.75) is 39.3 Å². The maximum atomic E-state index is 13.7. The number of aromatic nitrogens is 3. The van der Waals surface area contributed by atoms with Gasteiger partial charge in [0.2, 0.25) is 5.95 Å². The molecule has 0 saturated carbocycles. The average molecular weight is 596 g/mol. The lowest BCUT2D eigenvalue weighted by Gasteiger charge is -2.32. The average Bonchev–Trinajstić information content (AvgIpc) is 3.43. The molecule has 0 aliphatic carbocycles. The molecule has 6 rings (SSSR count). The number of anilines is 4. The summed E-state index contributed by atoms with van der Waals surface area (Å²) in [5.74, 6) is 0.375. The van der Waals surface area contributed by atoms with Crippen molar-refractivity contribution in [1.82, 2.24) is 29.7 Å². The molecular weight excluding hydrogens is 550 g/mol. The molecule has 232 valence electrons. The van der Waals surface area contributed by atoms with Crippen LogP contribution in [0.25, 0.3) is 11.0 Å². The summed E-state index contributed by atoms with van der Waals surface area (Å²) in [7, 11) is 2.17. The topological polar surface area (TPSA) is 93.6 Å². The first-order chi connectivity index (χ1) is 21.5. The van der Waals surface area contributed by atoms with Crippen molar-refractivity contribution in [2.24, 2.45) is 0 Å². The second-order valence-electron chi connectivity index (χ2n) is 12.0. The fourth-order valence-electron chi connectivity index (χ4n) is 6.23. The molecular formula is C34H45N9O. The van der Waals surface area contributed by atoms with Crippen LogP contribution in [0.2, 0.25) is 0 Å². The van der Waals surface area contributed by atoms with Crippen LogP contribution in [0.3, 0.4) is 0 Å². The SMILES string of the molecule is CCC(CC)n1c(C(=O)Nc2ccc(CN3CCN(C)CC3)cc2)cc2cnc(Nc3ccc(N4CCNCC4)cc3)nc21. The van der Waals surface area contributed by atoms with E-state index in [2.05, 4.69) is 97.5 Å². The lowest BCUT2D eigenvalue weighted by molar-refractivity contribution is 0.101. The second kappa shape index (κ2) is 13.8. The molecule has 2 aromatic carbocycles. The monoisotopic (exact) mass is 595 g/mol. The summed E-state index contributed by atoms with van der Waals surface area (Å²) in [5.41, 5.74) is 5.56. The number of amides is 1. The van der Waals surface area contributed by atoms with Gasteiger partial charge in [-0.2, -0.15) is 4.98 Å². The molecule has 1 amide bonds. The van der Waals surface area contributed by atoms with Crippen LogP contribution in [0.1, 0.15) is 48.8 Å². The minimum Gasteiger partial charge on any atom is -0.369 e. The van der Waals surface area contributed by atoms with E-state index >= 15 is 0 Å². The van der Waals surface area contributed by atoms with E-state index in [0.29, 0.717) is 11.6 Å². The van der Waals surface area contributed by atoms with Crippen molar-refractivity contribution in [3.05, 3.63) is 72.1 Å². The zero-order valence-corrected chi connectivity index (χ0v) is 26.2. The van der Waals surface area contributed by atoms with Gasteiger partial charge in [0.25, 0.3) is 5.91 Å². The Hall–Kier alpha value is -3.99. The van der Waals surface area contributed by atoms with Crippen LogP contribution in [-0.2, 0) is 6.54 Å². The maximum Gasteiger partial charge on any atom is 0.272 e. The van der Waals surface area contributed by atoms with E-state index < -0.39 is 0 Å².